The van der Waals surface area contributed by atoms with Crippen molar-refractivity contribution in [2.24, 2.45) is 0 Å². The lowest BCUT2D eigenvalue weighted by Gasteiger charge is -2.11. The number of carbonyl (C=O) groups excluding carboxylic acids is 2. The number of ether oxygens (including phenoxy) is 1. The molecule has 0 aliphatic heterocycles. The Balaban J connectivity index is 1.55. The molecule has 10 heteroatoms. The van der Waals surface area contributed by atoms with Crippen LogP contribution in [0.4, 0.5) is 15.8 Å². The number of pyridine rings is 1. The first kappa shape index (κ1) is 23.0. The maximum Gasteiger partial charge on any atom is 0.339 e. The van der Waals surface area contributed by atoms with E-state index in [1.165, 1.54) is 0 Å². The van der Waals surface area contributed by atoms with Crippen molar-refractivity contribution in [1.29, 1.82) is 0 Å². The van der Waals surface area contributed by atoms with Crippen molar-refractivity contribution in [1.82, 2.24) is 4.98 Å². The number of nitro benzene ring substituents is 1. The second kappa shape index (κ2) is 9.75. The Labute approximate surface area is 200 Å². The summed E-state index contributed by atoms with van der Waals surface area (Å²) in [5.74, 6) is -2.48. The van der Waals surface area contributed by atoms with Crippen molar-refractivity contribution in [3.05, 3.63) is 98.8 Å². The molecule has 0 radical (unpaired) electrons. The number of rotatable bonds is 6. The molecule has 0 fully saturated rings. The van der Waals surface area contributed by atoms with Crippen molar-refractivity contribution in [2.45, 2.75) is 0 Å². The van der Waals surface area contributed by atoms with Gasteiger partial charge in [0.2, 0.25) is 0 Å². The number of non-ortho nitro benzene ring substituents is 1. The Kier molecular flexibility index (Phi) is 6.60. The third-order valence-corrected chi connectivity index (χ3v) is 5.37. The van der Waals surface area contributed by atoms with Crippen LogP contribution in [0.3, 0.4) is 0 Å². The molecule has 0 bridgehead atoms. The van der Waals surface area contributed by atoms with E-state index in [4.69, 9.17) is 4.74 Å². The first-order valence-electron chi connectivity index (χ1n) is 9.88. The van der Waals surface area contributed by atoms with Crippen molar-refractivity contribution < 1.29 is 23.6 Å². The lowest BCUT2D eigenvalue weighted by atomic mass is 10.0. The van der Waals surface area contributed by atoms with Gasteiger partial charge in [0.15, 0.2) is 6.61 Å². The van der Waals surface area contributed by atoms with Gasteiger partial charge < -0.3 is 10.1 Å². The van der Waals surface area contributed by atoms with E-state index in [1.54, 1.807) is 30.3 Å². The van der Waals surface area contributed by atoms with E-state index >= 15 is 0 Å². The molecule has 1 N–H and O–H groups in total. The van der Waals surface area contributed by atoms with Gasteiger partial charge in [-0.3, -0.25) is 14.9 Å². The van der Waals surface area contributed by atoms with Gasteiger partial charge >= 0.3 is 5.97 Å². The summed E-state index contributed by atoms with van der Waals surface area (Å²) < 4.78 is 20.0. The van der Waals surface area contributed by atoms with E-state index in [0.29, 0.717) is 16.6 Å². The van der Waals surface area contributed by atoms with Gasteiger partial charge in [-0.15, -0.1) is 0 Å². The standard InChI is InChI=1S/C24H15BrFN3O5/c25-15-7-5-14(6-8-15)21-12-18(17-3-1-2-4-20(17)27-21)24(31)34-13-23(30)28-22-11-16(29(32)33)9-10-19(22)26/h1-12H,13H2,(H,28,30). The Morgan fingerprint density at radius 2 is 1.79 bits per heavy atom. The number of nitrogens with one attached hydrogen (secondary N) is 1. The molecule has 34 heavy (non-hydrogen) atoms. The van der Waals surface area contributed by atoms with Gasteiger partial charge in [-0.05, 0) is 30.3 Å². The first-order valence-corrected chi connectivity index (χ1v) is 10.7. The Morgan fingerprint density at radius 3 is 2.53 bits per heavy atom. The minimum Gasteiger partial charge on any atom is -0.452 e. The van der Waals surface area contributed by atoms with Crippen LogP contribution in [0.1, 0.15) is 10.4 Å². The molecular formula is C24H15BrFN3O5. The molecule has 0 saturated heterocycles. The molecule has 0 spiro atoms. The van der Waals surface area contributed by atoms with Gasteiger partial charge in [-0.1, -0.05) is 46.3 Å². The molecule has 1 amide bonds. The number of halogens is 2. The number of fused-ring (bicyclic) bond motifs is 1. The molecular weight excluding hydrogens is 509 g/mol. The Morgan fingerprint density at radius 1 is 1.06 bits per heavy atom. The van der Waals surface area contributed by atoms with Gasteiger partial charge in [0.1, 0.15) is 5.82 Å². The summed E-state index contributed by atoms with van der Waals surface area (Å²) in [6.07, 6.45) is 0. The molecule has 3 aromatic carbocycles. The van der Waals surface area contributed by atoms with Crippen LogP contribution in [0, 0.1) is 15.9 Å². The van der Waals surface area contributed by atoms with E-state index in [1.807, 2.05) is 24.3 Å². The number of aromatic nitrogens is 1. The fourth-order valence-electron chi connectivity index (χ4n) is 3.23. The summed E-state index contributed by atoms with van der Waals surface area (Å²) in [6.45, 7) is -0.717. The van der Waals surface area contributed by atoms with E-state index in [9.17, 15) is 24.1 Å². The number of nitrogens with zero attached hydrogens (tertiary/aromatic N) is 2. The SMILES string of the molecule is O=C(COC(=O)c1cc(-c2ccc(Br)cc2)nc2ccccc12)Nc1cc([N+](=O)[O-])ccc1F. The van der Waals surface area contributed by atoms with E-state index in [-0.39, 0.29) is 11.3 Å². The minimum atomic E-state index is -0.857. The summed E-state index contributed by atoms with van der Waals surface area (Å²) in [7, 11) is 0. The molecule has 4 aromatic rings. The highest BCUT2D eigenvalue weighted by Gasteiger charge is 2.18. The second-order valence-electron chi connectivity index (χ2n) is 7.12. The number of nitro groups is 1. The number of carbonyl (C=O) groups is 2. The summed E-state index contributed by atoms with van der Waals surface area (Å²) in [5.41, 5.74) is 1.32. The van der Waals surface area contributed by atoms with Crippen LogP contribution >= 0.6 is 15.9 Å². The number of benzene rings is 3. The molecule has 4 rings (SSSR count). The summed E-state index contributed by atoms with van der Waals surface area (Å²) >= 11 is 3.38. The largest absolute Gasteiger partial charge is 0.452 e. The summed E-state index contributed by atoms with van der Waals surface area (Å²) in [6, 6.07) is 18.7. The van der Waals surface area contributed by atoms with E-state index < -0.39 is 34.9 Å². The number of esters is 1. The third-order valence-electron chi connectivity index (χ3n) is 4.85. The quantitative estimate of drug-likeness (QED) is 0.202. The molecule has 0 atom stereocenters. The molecule has 0 aliphatic carbocycles. The van der Waals surface area contributed by atoms with Crippen LogP contribution in [0.15, 0.2) is 77.3 Å². The van der Waals surface area contributed by atoms with Crippen LogP contribution < -0.4 is 5.32 Å². The Bertz CT molecular complexity index is 1430. The molecule has 170 valence electrons. The van der Waals surface area contributed by atoms with E-state index in [0.717, 1.165) is 28.2 Å². The van der Waals surface area contributed by atoms with Gasteiger partial charge in [0.25, 0.3) is 11.6 Å². The van der Waals surface area contributed by atoms with Gasteiger partial charge in [0, 0.05) is 27.6 Å². The maximum atomic E-state index is 13.9. The van der Waals surface area contributed by atoms with Crippen LogP contribution in [0.25, 0.3) is 22.2 Å². The number of hydrogen-bond donors (Lipinski definition) is 1. The van der Waals surface area contributed by atoms with Gasteiger partial charge in [0.05, 0.1) is 27.4 Å². The summed E-state index contributed by atoms with van der Waals surface area (Å²) in [4.78, 5) is 39.8. The highest BCUT2D eigenvalue weighted by molar-refractivity contribution is 9.10. The molecule has 0 saturated carbocycles. The molecule has 8 nitrogen and oxygen atoms in total. The fraction of sp³-hybridized carbons (Fsp3) is 0.0417. The third kappa shape index (κ3) is 5.07. The lowest BCUT2D eigenvalue weighted by Crippen LogP contribution is -2.21. The highest BCUT2D eigenvalue weighted by Crippen LogP contribution is 2.27. The lowest BCUT2D eigenvalue weighted by molar-refractivity contribution is -0.384. The maximum absolute atomic E-state index is 13.9. The predicted octanol–water partition coefficient (Wildman–Crippen LogP) is 5.51. The van der Waals surface area contributed by atoms with Crippen LogP contribution in [-0.2, 0) is 9.53 Å². The van der Waals surface area contributed by atoms with Crippen molar-refractivity contribution >= 4 is 50.1 Å². The zero-order valence-corrected chi connectivity index (χ0v) is 18.9. The number of hydrogen-bond acceptors (Lipinski definition) is 6. The summed E-state index contributed by atoms with van der Waals surface area (Å²) in [5, 5.41) is 13.6. The van der Waals surface area contributed by atoms with E-state index in [2.05, 4.69) is 26.2 Å². The minimum absolute atomic E-state index is 0.206. The van der Waals surface area contributed by atoms with Crippen molar-refractivity contribution in [3.63, 3.8) is 0 Å². The molecule has 1 heterocycles. The number of anilines is 1. The molecule has 0 unspecified atom stereocenters. The zero-order chi connectivity index (χ0) is 24.2. The second-order valence-corrected chi connectivity index (χ2v) is 8.04. The molecule has 0 aliphatic rings. The number of para-hydroxylation sites is 1. The smallest absolute Gasteiger partial charge is 0.339 e. The van der Waals surface area contributed by atoms with Crippen LogP contribution in [0.5, 0.6) is 0 Å². The zero-order valence-electron chi connectivity index (χ0n) is 17.3. The average molecular weight is 524 g/mol. The predicted molar refractivity (Wildman–Crippen MR) is 127 cm³/mol. The highest BCUT2D eigenvalue weighted by atomic mass is 79.9. The topological polar surface area (TPSA) is 111 Å². The van der Waals surface area contributed by atoms with Crippen LogP contribution in [0.2, 0.25) is 0 Å². The first-order chi connectivity index (χ1) is 16.3. The Hall–Kier alpha value is -4.18. The average Bonchev–Trinajstić information content (AvgIpc) is 2.83. The van der Waals surface area contributed by atoms with Gasteiger partial charge in [-0.25, -0.2) is 14.2 Å². The van der Waals surface area contributed by atoms with Crippen molar-refractivity contribution in [2.75, 3.05) is 11.9 Å². The molecule has 1 aromatic heterocycles. The normalized spacial score (nSPS) is 10.6. The number of amides is 1. The van der Waals surface area contributed by atoms with Crippen molar-refractivity contribution in [3.8, 4) is 11.3 Å². The van der Waals surface area contributed by atoms with Gasteiger partial charge in [-0.2, -0.15) is 0 Å². The monoisotopic (exact) mass is 523 g/mol. The van der Waals surface area contributed by atoms with Crippen LogP contribution in [-0.4, -0.2) is 28.4 Å². The fourth-order valence-corrected chi connectivity index (χ4v) is 3.49.